The van der Waals surface area contributed by atoms with E-state index in [1.54, 1.807) is 17.4 Å². The van der Waals surface area contributed by atoms with Crippen LogP contribution in [0.3, 0.4) is 0 Å². The molecule has 0 bridgehead atoms. The molecule has 1 aliphatic heterocycles. The number of imidazole rings is 1. The standard InChI is InChI=1S/C33H37ClN6O4/c1-32(8-9-32)43-30(41)37-28(26-19-35-20-38(26)3)25-17-21-5-4-12-36-27(21)29(23-7-6-22(34)18-24(23)25)39-13-15-40(16-14-39)31(42)44-33(2)10-11-33/h4-7,12,17-20,28-29H,8-11,13-16H2,1-3H3,(H,37,41)/t28?,29-/m0/s1. The summed E-state index contributed by atoms with van der Waals surface area (Å²) in [7, 11) is 1.91. The summed E-state index contributed by atoms with van der Waals surface area (Å²) in [5.74, 6) is 0. The molecule has 10 nitrogen and oxygen atoms in total. The summed E-state index contributed by atoms with van der Waals surface area (Å²) in [6.45, 7) is 6.35. The van der Waals surface area contributed by atoms with E-state index in [2.05, 4.69) is 33.4 Å². The Labute approximate surface area is 262 Å². The number of hydrogen-bond donors (Lipinski definition) is 1. The number of halogens is 1. The minimum absolute atomic E-state index is 0.198. The van der Waals surface area contributed by atoms with Crippen molar-refractivity contribution in [2.24, 2.45) is 7.05 Å². The van der Waals surface area contributed by atoms with Gasteiger partial charge in [0, 0.05) is 44.4 Å². The maximum atomic E-state index is 13.3. The molecule has 11 heteroatoms. The van der Waals surface area contributed by atoms with Crippen molar-refractivity contribution >= 4 is 35.4 Å². The van der Waals surface area contributed by atoms with Gasteiger partial charge in [0.1, 0.15) is 11.2 Å². The van der Waals surface area contributed by atoms with Crippen LogP contribution in [0.15, 0.2) is 49.1 Å². The molecule has 44 heavy (non-hydrogen) atoms. The fourth-order valence-corrected chi connectivity index (χ4v) is 6.29. The number of carbonyl (C=O) groups excluding carboxylic acids is 2. The number of carbonyl (C=O) groups is 2. The second kappa shape index (κ2) is 10.9. The van der Waals surface area contributed by atoms with Crippen LogP contribution in [0.1, 0.15) is 79.7 Å². The van der Waals surface area contributed by atoms with Gasteiger partial charge in [-0.25, -0.2) is 14.6 Å². The molecule has 3 fully saturated rings. The van der Waals surface area contributed by atoms with E-state index in [-0.39, 0.29) is 17.7 Å². The summed E-state index contributed by atoms with van der Waals surface area (Å²) < 4.78 is 13.5. The second-order valence-corrected chi connectivity index (χ2v) is 13.3. The minimum atomic E-state index is -0.572. The largest absolute Gasteiger partial charge is 0.443 e. The Hall–Kier alpha value is -3.89. The normalized spacial score (nSPS) is 22.0. The molecule has 3 aromatic rings. The Morgan fingerprint density at radius 2 is 1.77 bits per heavy atom. The van der Waals surface area contributed by atoms with Crippen LogP contribution in [-0.2, 0) is 16.5 Å². The number of nitrogens with zero attached hydrogens (tertiary/aromatic N) is 5. The van der Waals surface area contributed by atoms with Gasteiger partial charge in [-0.3, -0.25) is 9.88 Å². The van der Waals surface area contributed by atoms with Gasteiger partial charge in [-0.1, -0.05) is 23.7 Å². The highest BCUT2D eigenvalue weighted by Gasteiger charge is 2.44. The topological polar surface area (TPSA) is 102 Å². The third kappa shape index (κ3) is 5.68. The van der Waals surface area contributed by atoms with Crippen molar-refractivity contribution in [3.8, 4) is 0 Å². The number of aromatic nitrogens is 3. The lowest BCUT2D eigenvalue weighted by molar-refractivity contribution is 0.0380. The zero-order chi connectivity index (χ0) is 30.6. The van der Waals surface area contributed by atoms with Crippen LogP contribution >= 0.6 is 11.6 Å². The van der Waals surface area contributed by atoms with Gasteiger partial charge in [-0.15, -0.1) is 0 Å². The number of alkyl carbamates (subject to hydrolysis) is 1. The molecular weight excluding hydrogens is 580 g/mol. The summed E-state index contributed by atoms with van der Waals surface area (Å²) in [6, 6.07) is 9.12. The van der Waals surface area contributed by atoms with Crippen molar-refractivity contribution in [2.45, 2.75) is 62.8 Å². The zero-order valence-electron chi connectivity index (χ0n) is 25.3. The van der Waals surface area contributed by atoms with Crippen LogP contribution in [0.25, 0.3) is 11.6 Å². The molecule has 2 atom stereocenters. The maximum Gasteiger partial charge on any atom is 0.410 e. The molecule has 2 amide bonds. The minimum Gasteiger partial charge on any atom is -0.443 e. The SMILES string of the molecule is Cn1cncc1C(NC(=O)OC1(C)CC1)C1=Cc2cccnc2[C@@H](N2CCN(C(=O)OC3(C)CC3)CC2)c2ccc(Cl)cc21. The van der Waals surface area contributed by atoms with Crippen LogP contribution in [0.4, 0.5) is 9.59 Å². The number of aryl methyl sites for hydroxylation is 1. The van der Waals surface area contributed by atoms with Crippen LogP contribution in [0.5, 0.6) is 0 Å². The number of hydrogen-bond acceptors (Lipinski definition) is 7. The van der Waals surface area contributed by atoms with E-state index in [4.69, 9.17) is 26.1 Å². The third-order valence-electron chi connectivity index (χ3n) is 9.30. The van der Waals surface area contributed by atoms with Crippen molar-refractivity contribution in [3.05, 3.63) is 82.2 Å². The van der Waals surface area contributed by atoms with Crippen molar-refractivity contribution in [3.63, 3.8) is 0 Å². The summed E-state index contributed by atoms with van der Waals surface area (Å²) in [5.41, 5.74) is 4.72. The fraction of sp³-hybridized carbons (Fsp3) is 0.455. The molecule has 3 heterocycles. The molecule has 2 aromatic heterocycles. The Morgan fingerprint density at radius 3 is 2.45 bits per heavy atom. The van der Waals surface area contributed by atoms with Gasteiger partial charge in [0.05, 0.1) is 36.0 Å². The lowest BCUT2D eigenvalue weighted by Crippen LogP contribution is -2.50. The maximum absolute atomic E-state index is 13.3. The smallest absolute Gasteiger partial charge is 0.410 e. The Bertz CT molecular complexity index is 1640. The molecule has 1 saturated heterocycles. The van der Waals surface area contributed by atoms with E-state index >= 15 is 0 Å². The van der Waals surface area contributed by atoms with E-state index in [0.717, 1.165) is 59.3 Å². The molecule has 7 rings (SSSR count). The molecule has 1 unspecified atom stereocenters. The fourth-order valence-electron chi connectivity index (χ4n) is 6.12. The first-order valence-electron chi connectivity index (χ1n) is 15.3. The van der Waals surface area contributed by atoms with Gasteiger partial charge in [0.15, 0.2) is 0 Å². The molecule has 0 spiro atoms. The van der Waals surface area contributed by atoms with E-state index in [1.807, 2.05) is 49.9 Å². The van der Waals surface area contributed by atoms with Crippen molar-refractivity contribution in [1.82, 2.24) is 29.7 Å². The monoisotopic (exact) mass is 616 g/mol. The average Bonchev–Trinajstić information content (AvgIpc) is 3.88. The highest BCUT2D eigenvalue weighted by atomic mass is 35.5. The number of ether oxygens (including phenoxy) is 2. The van der Waals surface area contributed by atoms with Crippen molar-refractivity contribution in [1.29, 1.82) is 0 Å². The first-order chi connectivity index (χ1) is 21.1. The van der Waals surface area contributed by atoms with Crippen LogP contribution in [-0.4, -0.2) is 73.9 Å². The van der Waals surface area contributed by atoms with Crippen molar-refractivity contribution in [2.75, 3.05) is 26.2 Å². The van der Waals surface area contributed by atoms with Gasteiger partial charge in [-0.2, -0.15) is 0 Å². The van der Waals surface area contributed by atoms with E-state index in [0.29, 0.717) is 31.2 Å². The average molecular weight is 617 g/mol. The van der Waals surface area contributed by atoms with Gasteiger partial charge in [0.25, 0.3) is 0 Å². The predicted octanol–water partition coefficient (Wildman–Crippen LogP) is 5.74. The zero-order valence-corrected chi connectivity index (χ0v) is 26.0. The summed E-state index contributed by atoms with van der Waals surface area (Å²) >= 11 is 6.67. The van der Waals surface area contributed by atoms with E-state index in [9.17, 15) is 9.59 Å². The van der Waals surface area contributed by atoms with E-state index < -0.39 is 17.7 Å². The van der Waals surface area contributed by atoms with Gasteiger partial charge in [0.2, 0.25) is 0 Å². The van der Waals surface area contributed by atoms with Gasteiger partial charge in [-0.05, 0) is 86.1 Å². The Morgan fingerprint density at radius 1 is 1.05 bits per heavy atom. The number of fused-ring (bicyclic) bond motifs is 2. The van der Waals surface area contributed by atoms with Crippen molar-refractivity contribution < 1.29 is 19.1 Å². The van der Waals surface area contributed by atoms with E-state index in [1.165, 1.54) is 0 Å². The second-order valence-electron chi connectivity index (χ2n) is 12.9. The lowest BCUT2D eigenvalue weighted by atomic mass is 9.90. The van der Waals surface area contributed by atoms with Crippen LogP contribution < -0.4 is 5.32 Å². The highest BCUT2D eigenvalue weighted by Crippen LogP contribution is 2.45. The van der Waals surface area contributed by atoms with Crippen LogP contribution in [0.2, 0.25) is 5.02 Å². The Balaban J connectivity index is 1.26. The van der Waals surface area contributed by atoms with Gasteiger partial charge < -0.3 is 24.3 Å². The number of benzene rings is 1. The Kier molecular flexibility index (Phi) is 7.16. The molecule has 3 aliphatic carbocycles. The number of nitrogens with one attached hydrogen (secondary N) is 1. The molecule has 0 radical (unpaired) electrons. The molecule has 4 aliphatic rings. The number of rotatable bonds is 6. The number of piperazine rings is 1. The molecular formula is C33H37ClN6O4. The number of amides is 2. The summed E-state index contributed by atoms with van der Waals surface area (Å²) in [5, 5.41) is 3.74. The quantitative estimate of drug-likeness (QED) is 0.377. The predicted molar refractivity (Wildman–Crippen MR) is 166 cm³/mol. The van der Waals surface area contributed by atoms with Gasteiger partial charge >= 0.3 is 12.2 Å². The lowest BCUT2D eigenvalue weighted by Gasteiger charge is -2.39. The summed E-state index contributed by atoms with van der Waals surface area (Å²) in [6.07, 6.45) is 10.2. The highest BCUT2D eigenvalue weighted by molar-refractivity contribution is 6.30. The summed E-state index contributed by atoms with van der Waals surface area (Å²) in [4.78, 5) is 39.6. The third-order valence-corrected chi connectivity index (χ3v) is 9.54. The van der Waals surface area contributed by atoms with Crippen LogP contribution in [0, 0.1) is 0 Å². The molecule has 230 valence electrons. The first-order valence-corrected chi connectivity index (χ1v) is 15.6. The number of pyridine rings is 1. The first kappa shape index (κ1) is 28.9. The molecule has 1 N–H and O–H groups in total. The molecule has 1 aromatic carbocycles. The molecule has 2 saturated carbocycles.